The Bertz CT molecular complexity index is 1790. The van der Waals surface area contributed by atoms with Crippen molar-refractivity contribution in [2.45, 2.75) is 18.6 Å². The minimum atomic E-state index is -0.598. The van der Waals surface area contributed by atoms with Gasteiger partial charge < -0.3 is 10.4 Å². The van der Waals surface area contributed by atoms with E-state index in [1.165, 1.54) is 0 Å². The lowest BCUT2D eigenvalue weighted by Crippen LogP contribution is -2.21. The predicted octanol–water partition coefficient (Wildman–Crippen LogP) is 8.61. The normalized spacial score (nSPS) is 12.7. The van der Waals surface area contributed by atoms with E-state index in [9.17, 15) is 5.11 Å². The van der Waals surface area contributed by atoms with Crippen molar-refractivity contribution >= 4 is 34.1 Å². The molecule has 0 aliphatic rings. The molecule has 0 spiro atoms. The van der Waals surface area contributed by atoms with Crippen molar-refractivity contribution in [2.75, 3.05) is 6.54 Å². The van der Waals surface area contributed by atoms with Gasteiger partial charge in [-0.15, -0.1) is 0 Å². The summed E-state index contributed by atoms with van der Waals surface area (Å²) in [5, 5.41) is 16.4. The number of aromatic nitrogens is 2. The van der Waals surface area contributed by atoms with Gasteiger partial charge in [0.25, 0.3) is 0 Å². The molecular weight excluding hydrogens is 561 g/mol. The van der Waals surface area contributed by atoms with Gasteiger partial charge in [0.1, 0.15) is 0 Å². The van der Waals surface area contributed by atoms with E-state index in [1.807, 2.05) is 72.9 Å². The molecule has 2 aromatic heterocycles. The molecule has 42 heavy (non-hydrogen) atoms. The maximum atomic E-state index is 10.6. The van der Waals surface area contributed by atoms with E-state index < -0.39 is 6.10 Å². The lowest BCUT2D eigenvalue weighted by atomic mass is 9.85. The molecule has 2 atom stereocenters. The highest BCUT2D eigenvalue weighted by Crippen LogP contribution is 2.37. The molecule has 6 rings (SSSR count). The first-order chi connectivity index (χ1) is 20.5. The minimum Gasteiger partial charge on any atom is -0.387 e. The first-order valence-corrected chi connectivity index (χ1v) is 14.6. The van der Waals surface area contributed by atoms with Gasteiger partial charge in [0.2, 0.25) is 0 Å². The van der Waals surface area contributed by atoms with Crippen LogP contribution in [0.2, 0.25) is 10.0 Å². The lowest BCUT2D eigenvalue weighted by molar-refractivity contribution is 0.174. The van der Waals surface area contributed by atoms with E-state index >= 15 is 0 Å². The topological polar surface area (TPSA) is 58.0 Å². The first kappa shape index (κ1) is 28.1. The Kier molecular flexibility index (Phi) is 8.59. The molecule has 0 aliphatic heterocycles. The number of nitrogens with one attached hydrogen (secondary N) is 1. The van der Waals surface area contributed by atoms with E-state index in [0.717, 1.165) is 50.0 Å². The van der Waals surface area contributed by atoms with Crippen LogP contribution in [0.3, 0.4) is 0 Å². The van der Waals surface area contributed by atoms with E-state index in [4.69, 9.17) is 28.2 Å². The molecule has 2 N–H and O–H groups in total. The van der Waals surface area contributed by atoms with Crippen molar-refractivity contribution in [2.24, 2.45) is 0 Å². The molecule has 6 heteroatoms. The summed E-state index contributed by atoms with van der Waals surface area (Å²) in [7, 11) is 0. The summed E-state index contributed by atoms with van der Waals surface area (Å²) in [4.78, 5) is 9.41. The molecule has 0 aliphatic carbocycles. The van der Waals surface area contributed by atoms with E-state index in [1.54, 1.807) is 6.20 Å². The number of hydrogen-bond donors (Lipinski definition) is 2. The van der Waals surface area contributed by atoms with Crippen molar-refractivity contribution in [3.63, 3.8) is 0 Å². The molecule has 0 radical (unpaired) electrons. The van der Waals surface area contributed by atoms with Gasteiger partial charge in [-0.1, -0.05) is 89.9 Å². The fourth-order valence-corrected chi connectivity index (χ4v) is 5.69. The molecule has 2 unspecified atom stereocenters. The number of fused-ring (bicyclic) bond motifs is 1. The highest BCUT2D eigenvalue weighted by Gasteiger charge is 2.19. The molecule has 0 amide bonds. The molecule has 0 saturated heterocycles. The Morgan fingerprint density at radius 3 is 2.24 bits per heavy atom. The molecule has 4 aromatic carbocycles. The minimum absolute atomic E-state index is 0.0339. The van der Waals surface area contributed by atoms with Gasteiger partial charge in [-0.3, -0.25) is 9.97 Å². The third kappa shape index (κ3) is 6.38. The zero-order valence-corrected chi connectivity index (χ0v) is 24.3. The zero-order chi connectivity index (χ0) is 28.9. The van der Waals surface area contributed by atoms with Crippen molar-refractivity contribution in [3.8, 4) is 11.1 Å². The van der Waals surface area contributed by atoms with Crippen LogP contribution in [-0.4, -0.2) is 21.6 Å². The second-order valence-electron chi connectivity index (χ2n) is 10.3. The molecule has 2 heterocycles. The molecule has 0 fully saturated rings. The third-order valence-corrected chi connectivity index (χ3v) is 7.89. The van der Waals surface area contributed by atoms with Crippen molar-refractivity contribution in [1.29, 1.82) is 0 Å². The Morgan fingerprint density at radius 2 is 1.48 bits per heavy atom. The van der Waals surface area contributed by atoms with Gasteiger partial charge in [-0.25, -0.2) is 0 Å². The van der Waals surface area contributed by atoms with Gasteiger partial charge in [-0.2, -0.15) is 0 Å². The molecule has 0 saturated carbocycles. The van der Waals surface area contributed by atoms with Crippen LogP contribution in [0.4, 0.5) is 0 Å². The number of pyridine rings is 2. The molecular formula is C36H29Cl2N3O. The molecule has 0 bridgehead atoms. The SMILES string of the molecule is OC(CNCc1cc(-c2cccc(Cl)c2)c2cc(C(c3ccc(Cl)cc3)c3cccnc3)ccc2n1)c1ccccc1. The van der Waals surface area contributed by atoms with Crippen LogP contribution in [0, 0.1) is 0 Å². The maximum Gasteiger partial charge on any atom is 0.0914 e. The number of benzene rings is 4. The second-order valence-corrected chi connectivity index (χ2v) is 11.1. The van der Waals surface area contributed by atoms with Crippen molar-refractivity contribution < 1.29 is 5.11 Å². The summed E-state index contributed by atoms with van der Waals surface area (Å²) in [6.07, 6.45) is 3.11. The summed E-state index contributed by atoms with van der Waals surface area (Å²) < 4.78 is 0. The van der Waals surface area contributed by atoms with Gasteiger partial charge in [-0.05, 0) is 81.9 Å². The summed E-state index contributed by atoms with van der Waals surface area (Å²) in [6, 6.07) is 38.2. The number of aliphatic hydroxyl groups is 1. The van der Waals surface area contributed by atoms with Crippen LogP contribution < -0.4 is 5.32 Å². The first-order valence-electron chi connectivity index (χ1n) is 13.8. The second kappa shape index (κ2) is 12.8. The van der Waals surface area contributed by atoms with Gasteiger partial charge >= 0.3 is 0 Å². The Morgan fingerprint density at radius 1 is 0.690 bits per heavy atom. The van der Waals surface area contributed by atoms with Crippen LogP contribution in [0.25, 0.3) is 22.0 Å². The molecule has 4 nitrogen and oxygen atoms in total. The summed E-state index contributed by atoms with van der Waals surface area (Å²) in [5.74, 6) is -0.0339. The van der Waals surface area contributed by atoms with Gasteiger partial charge in [0.05, 0.1) is 17.3 Å². The van der Waals surface area contributed by atoms with Crippen LogP contribution in [0.1, 0.15) is 40.0 Å². The predicted molar refractivity (Wildman–Crippen MR) is 172 cm³/mol. The van der Waals surface area contributed by atoms with Crippen LogP contribution >= 0.6 is 23.2 Å². The van der Waals surface area contributed by atoms with Crippen LogP contribution in [0.15, 0.2) is 128 Å². The number of rotatable bonds is 9. The smallest absolute Gasteiger partial charge is 0.0914 e. The Labute approximate surface area is 255 Å². The largest absolute Gasteiger partial charge is 0.387 e. The maximum absolute atomic E-state index is 10.6. The highest BCUT2D eigenvalue weighted by atomic mass is 35.5. The van der Waals surface area contributed by atoms with Crippen molar-refractivity contribution in [3.05, 3.63) is 166 Å². The van der Waals surface area contributed by atoms with Crippen LogP contribution in [0.5, 0.6) is 0 Å². The average molecular weight is 591 g/mol. The Hall–Kier alpha value is -4.06. The summed E-state index contributed by atoms with van der Waals surface area (Å²) >= 11 is 12.7. The van der Waals surface area contributed by atoms with E-state index in [2.05, 4.69) is 58.8 Å². The zero-order valence-electron chi connectivity index (χ0n) is 22.8. The number of hydrogen-bond acceptors (Lipinski definition) is 4. The van der Waals surface area contributed by atoms with Crippen molar-refractivity contribution in [1.82, 2.24) is 15.3 Å². The third-order valence-electron chi connectivity index (χ3n) is 7.40. The fraction of sp³-hybridized carbons (Fsp3) is 0.111. The highest BCUT2D eigenvalue weighted by molar-refractivity contribution is 6.31. The molecule has 208 valence electrons. The number of halogens is 2. The molecule has 6 aromatic rings. The summed E-state index contributed by atoms with van der Waals surface area (Å²) in [5.41, 5.74) is 8.06. The monoisotopic (exact) mass is 589 g/mol. The number of nitrogens with zero attached hydrogens (tertiary/aromatic N) is 2. The van der Waals surface area contributed by atoms with Gasteiger partial charge in [0.15, 0.2) is 0 Å². The fourth-order valence-electron chi connectivity index (χ4n) is 5.37. The summed E-state index contributed by atoms with van der Waals surface area (Å²) in [6.45, 7) is 0.932. The standard InChI is InChI=1S/C36H29Cl2N3O/c37-29-14-11-25(12-15-29)36(28-9-5-17-39-21-28)27-13-16-34-33(19-27)32(26-8-4-10-30(38)18-26)20-31(41-34)22-40-23-35(42)24-6-2-1-3-7-24/h1-21,35-36,40,42H,22-23H2. The number of aliphatic hydroxyl groups excluding tert-OH is 1. The van der Waals surface area contributed by atoms with Gasteiger partial charge in [0, 0.05) is 46.8 Å². The van der Waals surface area contributed by atoms with E-state index in [-0.39, 0.29) is 5.92 Å². The van der Waals surface area contributed by atoms with E-state index in [0.29, 0.717) is 23.1 Å². The van der Waals surface area contributed by atoms with Crippen LogP contribution in [-0.2, 0) is 6.54 Å². The Balaban J connectivity index is 1.40. The lowest BCUT2D eigenvalue weighted by Gasteiger charge is -2.20. The quantitative estimate of drug-likeness (QED) is 0.177. The average Bonchev–Trinajstić information content (AvgIpc) is 3.03.